The van der Waals surface area contributed by atoms with Gasteiger partial charge in [0, 0.05) is 6.07 Å². The largest absolute Gasteiger partial charge is 0.475 e. The summed E-state index contributed by atoms with van der Waals surface area (Å²) in [6.07, 6.45) is 0. The number of rotatable bonds is 3. The number of benzene rings is 1. The van der Waals surface area contributed by atoms with Gasteiger partial charge in [-0.05, 0) is 36.8 Å². The molecule has 0 atom stereocenters. The second-order valence-electron chi connectivity index (χ2n) is 3.44. The number of hydrogen-bond donors (Lipinski definition) is 1. The summed E-state index contributed by atoms with van der Waals surface area (Å²) in [7, 11) is 0. The molecule has 0 fully saturated rings. The van der Waals surface area contributed by atoms with Crippen LogP contribution in [0.3, 0.4) is 0 Å². The second-order valence-corrected chi connectivity index (χ2v) is 3.44. The van der Waals surface area contributed by atoms with Crippen molar-refractivity contribution in [2.45, 2.75) is 6.92 Å². The van der Waals surface area contributed by atoms with Gasteiger partial charge in [-0.25, -0.2) is 9.18 Å². The number of carboxylic acids is 1. The summed E-state index contributed by atoms with van der Waals surface area (Å²) in [5, 5.41) is 8.65. The van der Waals surface area contributed by atoms with Crippen LogP contribution in [0.4, 0.5) is 4.39 Å². The van der Waals surface area contributed by atoms with Crippen LogP contribution in [0, 0.1) is 12.7 Å². The molecular weight excluding hydrogens is 227 g/mol. The number of halogens is 1. The molecule has 0 amide bonds. The highest BCUT2D eigenvalue weighted by Crippen LogP contribution is 2.25. The third kappa shape index (κ3) is 2.44. The van der Waals surface area contributed by atoms with Crippen molar-refractivity contribution < 1.29 is 23.4 Å². The summed E-state index contributed by atoms with van der Waals surface area (Å²) >= 11 is 0. The van der Waals surface area contributed by atoms with Gasteiger partial charge in [0.05, 0.1) is 0 Å². The number of aryl methyl sites for hydroxylation is 1. The van der Waals surface area contributed by atoms with Crippen molar-refractivity contribution in [2.24, 2.45) is 0 Å². The lowest BCUT2D eigenvalue weighted by atomic mass is 10.2. The fourth-order valence-electron chi connectivity index (χ4n) is 1.29. The third-order valence-corrected chi connectivity index (χ3v) is 2.14. The molecule has 0 radical (unpaired) electrons. The van der Waals surface area contributed by atoms with Crippen LogP contribution >= 0.6 is 0 Å². The van der Waals surface area contributed by atoms with E-state index in [4.69, 9.17) is 14.3 Å². The zero-order valence-electron chi connectivity index (χ0n) is 8.94. The first kappa shape index (κ1) is 11.2. The van der Waals surface area contributed by atoms with Crippen LogP contribution in [0.2, 0.25) is 0 Å². The number of hydrogen-bond acceptors (Lipinski definition) is 3. The highest BCUT2D eigenvalue weighted by Gasteiger charge is 2.10. The minimum absolute atomic E-state index is 0.0495. The van der Waals surface area contributed by atoms with E-state index < -0.39 is 5.97 Å². The van der Waals surface area contributed by atoms with Crippen LogP contribution < -0.4 is 4.74 Å². The number of carboxylic acid groups (broad SMARTS) is 1. The molecule has 0 unspecified atom stereocenters. The maximum atomic E-state index is 13.0. The summed E-state index contributed by atoms with van der Waals surface area (Å²) in [6, 6.07) is 6.88. The van der Waals surface area contributed by atoms with Crippen LogP contribution in [0.5, 0.6) is 11.7 Å². The average Bonchev–Trinajstić information content (AvgIpc) is 2.72. The fraction of sp³-hybridized carbons (Fsp3) is 0.0833. The zero-order valence-corrected chi connectivity index (χ0v) is 8.94. The van der Waals surface area contributed by atoms with Gasteiger partial charge in [-0.15, -0.1) is 0 Å². The molecule has 4 nitrogen and oxygen atoms in total. The van der Waals surface area contributed by atoms with Gasteiger partial charge in [0.25, 0.3) is 5.95 Å². The van der Waals surface area contributed by atoms with E-state index in [2.05, 4.69) is 0 Å². The highest BCUT2D eigenvalue weighted by molar-refractivity contribution is 5.84. The number of furan rings is 1. The standard InChI is InChI=1S/C12H9FO4/c1-7-6-8(2-3-9(7)13)16-11-5-4-10(17-11)12(14)15/h2-6H,1H3,(H,14,15). The normalized spacial score (nSPS) is 10.2. The van der Waals surface area contributed by atoms with Crippen LogP contribution in [0.1, 0.15) is 16.1 Å². The first-order valence-corrected chi connectivity index (χ1v) is 4.83. The Morgan fingerprint density at radius 3 is 2.71 bits per heavy atom. The van der Waals surface area contributed by atoms with E-state index in [1.165, 1.54) is 30.3 Å². The minimum atomic E-state index is -1.17. The minimum Gasteiger partial charge on any atom is -0.475 e. The summed E-state index contributed by atoms with van der Waals surface area (Å²) in [6.45, 7) is 1.60. The quantitative estimate of drug-likeness (QED) is 0.888. The molecule has 2 aromatic rings. The van der Waals surface area contributed by atoms with Crippen molar-refractivity contribution in [3.8, 4) is 11.7 Å². The predicted octanol–water partition coefficient (Wildman–Crippen LogP) is 3.22. The van der Waals surface area contributed by atoms with Crippen molar-refractivity contribution in [3.05, 3.63) is 47.5 Å². The molecule has 0 bridgehead atoms. The van der Waals surface area contributed by atoms with Crippen molar-refractivity contribution in [1.29, 1.82) is 0 Å². The Labute approximate surface area is 96.2 Å². The van der Waals surface area contributed by atoms with E-state index in [1.54, 1.807) is 6.92 Å². The Morgan fingerprint density at radius 1 is 1.35 bits per heavy atom. The molecule has 0 spiro atoms. The lowest BCUT2D eigenvalue weighted by molar-refractivity contribution is 0.0657. The Kier molecular flexibility index (Phi) is 2.82. The Bertz CT molecular complexity index is 559. The zero-order chi connectivity index (χ0) is 12.4. The van der Waals surface area contributed by atoms with Gasteiger partial charge in [0.2, 0.25) is 5.76 Å². The van der Waals surface area contributed by atoms with Crippen LogP contribution in [0.15, 0.2) is 34.7 Å². The van der Waals surface area contributed by atoms with Crippen LogP contribution in [-0.4, -0.2) is 11.1 Å². The first-order chi connectivity index (χ1) is 8.06. The second kappa shape index (κ2) is 4.29. The van der Waals surface area contributed by atoms with Gasteiger partial charge in [-0.3, -0.25) is 0 Å². The molecule has 17 heavy (non-hydrogen) atoms. The maximum absolute atomic E-state index is 13.0. The lowest BCUT2D eigenvalue weighted by Crippen LogP contribution is -1.91. The van der Waals surface area contributed by atoms with E-state index in [1.807, 2.05) is 0 Å². The van der Waals surface area contributed by atoms with E-state index in [0.29, 0.717) is 11.3 Å². The Hall–Kier alpha value is -2.30. The highest BCUT2D eigenvalue weighted by atomic mass is 19.1. The predicted molar refractivity (Wildman–Crippen MR) is 56.9 cm³/mol. The van der Waals surface area contributed by atoms with Gasteiger partial charge >= 0.3 is 5.97 Å². The van der Waals surface area contributed by atoms with Crippen molar-refractivity contribution in [2.75, 3.05) is 0 Å². The molecule has 0 saturated carbocycles. The molecular formula is C12H9FO4. The Balaban J connectivity index is 2.19. The van der Waals surface area contributed by atoms with Crippen molar-refractivity contribution in [3.63, 3.8) is 0 Å². The number of carbonyl (C=O) groups is 1. The monoisotopic (exact) mass is 236 g/mol. The summed E-state index contributed by atoms with van der Waals surface area (Å²) in [4.78, 5) is 10.6. The summed E-state index contributed by atoms with van der Waals surface area (Å²) < 4.78 is 23.1. The van der Waals surface area contributed by atoms with Crippen molar-refractivity contribution >= 4 is 5.97 Å². The SMILES string of the molecule is Cc1cc(Oc2ccc(C(=O)O)o2)ccc1F. The van der Waals surface area contributed by atoms with Crippen molar-refractivity contribution in [1.82, 2.24) is 0 Å². The van der Waals surface area contributed by atoms with Crippen LogP contribution in [-0.2, 0) is 0 Å². The van der Waals surface area contributed by atoms with Gasteiger partial charge in [-0.2, -0.15) is 0 Å². The smallest absolute Gasteiger partial charge is 0.371 e. The maximum Gasteiger partial charge on any atom is 0.371 e. The fourth-order valence-corrected chi connectivity index (χ4v) is 1.29. The molecule has 88 valence electrons. The topological polar surface area (TPSA) is 59.7 Å². The van der Waals surface area contributed by atoms with E-state index >= 15 is 0 Å². The molecule has 1 aromatic heterocycles. The molecule has 1 aromatic carbocycles. The molecule has 0 aliphatic heterocycles. The van der Waals surface area contributed by atoms with Gasteiger partial charge in [0.15, 0.2) is 0 Å². The van der Waals surface area contributed by atoms with E-state index in [0.717, 1.165) is 0 Å². The number of aromatic carboxylic acids is 1. The van der Waals surface area contributed by atoms with E-state index in [9.17, 15) is 9.18 Å². The summed E-state index contributed by atoms with van der Waals surface area (Å²) in [5.74, 6) is -1.28. The number of ether oxygens (including phenoxy) is 1. The Morgan fingerprint density at radius 2 is 2.12 bits per heavy atom. The molecule has 0 aliphatic rings. The van der Waals surface area contributed by atoms with E-state index in [-0.39, 0.29) is 17.5 Å². The van der Waals surface area contributed by atoms with Gasteiger partial charge < -0.3 is 14.3 Å². The molecule has 1 heterocycles. The molecule has 0 saturated heterocycles. The molecule has 2 rings (SSSR count). The van der Waals surface area contributed by atoms with Gasteiger partial charge in [-0.1, -0.05) is 0 Å². The molecule has 1 N–H and O–H groups in total. The molecule has 5 heteroatoms. The average molecular weight is 236 g/mol. The van der Waals surface area contributed by atoms with Gasteiger partial charge in [0.1, 0.15) is 11.6 Å². The first-order valence-electron chi connectivity index (χ1n) is 4.83. The molecule has 0 aliphatic carbocycles. The van der Waals surface area contributed by atoms with Crippen LogP contribution in [0.25, 0.3) is 0 Å². The third-order valence-electron chi connectivity index (χ3n) is 2.14. The lowest BCUT2D eigenvalue weighted by Gasteiger charge is -2.03. The summed E-state index contributed by atoms with van der Waals surface area (Å²) in [5.41, 5.74) is 0.438.